The highest BCUT2D eigenvalue weighted by Gasteiger charge is 2.19. The molecule has 0 spiro atoms. The lowest BCUT2D eigenvalue weighted by Gasteiger charge is -2.29. The number of piperidine rings is 1. The Morgan fingerprint density at radius 3 is 2.71 bits per heavy atom. The third-order valence-corrected chi connectivity index (χ3v) is 4.78. The van der Waals surface area contributed by atoms with E-state index in [9.17, 15) is 0 Å². The molecule has 0 aliphatic carbocycles. The Hall–Kier alpha value is -1.91. The zero-order chi connectivity index (χ0) is 16.9. The summed E-state index contributed by atoms with van der Waals surface area (Å²) in [6, 6.07) is 12.5. The van der Waals surface area contributed by atoms with Crippen molar-refractivity contribution in [3.05, 3.63) is 47.5 Å². The maximum absolute atomic E-state index is 8.87. The number of likely N-dealkylation sites (tertiary alicyclic amines) is 1. The van der Waals surface area contributed by atoms with Crippen molar-refractivity contribution in [1.29, 1.82) is 0 Å². The molecule has 4 heteroatoms. The van der Waals surface area contributed by atoms with Crippen LogP contribution in [0.1, 0.15) is 29.9 Å². The first kappa shape index (κ1) is 16.9. The molecule has 3 rings (SSSR count). The maximum atomic E-state index is 8.87. The second-order valence-electron chi connectivity index (χ2n) is 6.59. The van der Waals surface area contributed by atoms with E-state index in [1.54, 1.807) is 0 Å². The highest BCUT2D eigenvalue weighted by molar-refractivity contribution is 5.64. The molecule has 0 saturated carbocycles. The predicted molar refractivity (Wildman–Crippen MR) is 96.5 cm³/mol. The van der Waals surface area contributed by atoms with Crippen LogP contribution < -0.4 is 4.74 Å². The summed E-state index contributed by atoms with van der Waals surface area (Å²) in [5.74, 6) is 1.22. The lowest BCUT2D eigenvalue weighted by atomic mass is 9.87. The van der Waals surface area contributed by atoms with E-state index in [4.69, 9.17) is 9.84 Å². The third kappa shape index (κ3) is 3.94. The molecule has 1 fully saturated rings. The predicted octanol–water partition coefficient (Wildman–Crippen LogP) is 3.24. The van der Waals surface area contributed by atoms with Crippen molar-refractivity contribution < 1.29 is 9.84 Å². The van der Waals surface area contributed by atoms with E-state index in [1.165, 1.54) is 37.1 Å². The normalized spacial score (nSPS) is 16.3. The van der Waals surface area contributed by atoms with Gasteiger partial charge in [0.25, 0.3) is 0 Å². The van der Waals surface area contributed by atoms with Gasteiger partial charge in [0, 0.05) is 11.6 Å². The van der Waals surface area contributed by atoms with E-state index >= 15 is 0 Å². The second-order valence-corrected chi connectivity index (χ2v) is 6.59. The number of hydrogen-bond acceptors (Lipinski definition) is 4. The van der Waals surface area contributed by atoms with Gasteiger partial charge in [-0.2, -0.15) is 0 Å². The first-order valence-corrected chi connectivity index (χ1v) is 8.67. The van der Waals surface area contributed by atoms with Crippen LogP contribution in [0.25, 0.3) is 11.3 Å². The van der Waals surface area contributed by atoms with Crippen LogP contribution in [0.5, 0.6) is 5.88 Å². The quantitative estimate of drug-likeness (QED) is 0.916. The number of benzene rings is 1. The van der Waals surface area contributed by atoms with Crippen LogP contribution in [-0.2, 0) is 0 Å². The van der Waals surface area contributed by atoms with Gasteiger partial charge in [-0.05, 0) is 63.0 Å². The van der Waals surface area contributed by atoms with Crippen molar-refractivity contribution in [2.75, 3.05) is 33.4 Å². The topological polar surface area (TPSA) is 45.6 Å². The largest absolute Gasteiger partial charge is 0.475 e. The summed E-state index contributed by atoms with van der Waals surface area (Å²) in [6.45, 7) is 4.77. The van der Waals surface area contributed by atoms with Crippen molar-refractivity contribution in [3.63, 3.8) is 0 Å². The Kier molecular flexibility index (Phi) is 5.48. The minimum Gasteiger partial charge on any atom is -0.475 e. The van der Waals surface area contributed by atoms with Crippen LogP contribution in [0, 0.1) is 6.92 Å². The van der Waals surface area contributed by atoms with Crippen molar-refractivity contribution in [3.8, 4) is 17.1 Å². The summed E-state index contributed by atoms with van der Waals surface area (Å²) in [5.41, 5.74) is 4.74. The molecule has 24 heavy (non-hydrogen) atoms. The fourth-order valence-corrected chi connectivity index (χ4v) is 3.37. The number of aryl methyl sites for hydroxylation is 1. The zero-order valence-corrected chi connectivity index (χ0v) is 14.5. The molecule has 2 heterocycles. The molecule has 1 saturated heterocycles. The van der Waals surface area contributed by atoms with Gasteiger partial charge in [0.15, 0.2) is 0 Å². The summed E-state index contributed by atoms with van der Waals surface area (Å²) >= 11 is 0. The van der Waals surface area contributed by atoms with Gasteiger partial charge in [0.1, 0.15) is 6.61 Å². The molecule has 1 aliphatic heterocycles. The fraction of sp³-hybridized carbons (Fsp3) is 0.450. The van der Waals surface area contributed by atoms with E-state index in [0.717, 1.165) is 11.3 Å². The number of aromatic nitrogens is 1. The minimum absolute atomic E-state index is 0.00376. The molecule has 1 aromatic carbocycles. The SMILES string of the molecule is Cc1cc(C2CCN(C)CC2)ccc1-c1cccc(OCCO)n1. The third-order valence-electron chi connectivity index (χ3n) is 4.78. The zero-order valence-electron chi connectivity index (χ0n) is 14.5. The van der Waals surface area contributed by atoms with Crippen LogP contribution in [-0.4, -0.2) is 48.3 Å². The minimum atomic E-state index is -0.00376. The van der Waals surface area contributed by atoms with Crippen molar-refractivity contribution in [2.24, 2.45) is 0 Å². The molecule has 0 atom stereocenters. The molecular weight excluding hydrogens is 300 g/mol. The standard InChI is InChI=1S/C20H26N2O2/c1-15-14-17(16-8-10-22(2)11-9-16)6-7-18(15)19-4-3-5-20(21-19)24-13-12-23/h3-7,14,16,23H,8-13H2,1-2H3. The van der Waals surface area contributed by atoms with Crippen LogP contribution in [0.2, 0.25) is 0 Å². The number of aliphatic hydroxyl groups excluding tert-OH is 1. The Bertz CT molecular complexity index is 679. The van der Waals surface area contributed by atoms with Gasteiger partial charge in [-0.3, -0.25) is 0 Å². The second kappa shape index (κ2) is 7.77. The van der Waals surface area contributed by atoms with E-state index < -0.39 is 0 Å². The smallest absolute Gasteiger partial charge is 0.213 e. The summed E-state index contributed by atoms with van der Waals surface area (Å²) in [6.07, 6.45) is 2.47. The van der Waals surface area contributed by atoms with Crippen molar-refractivity contribution >= 4 is 0 Å². The van der Waals surface area contributed by atoms with Gasteiger partial charge in [0.05, 0.1) is 12.3 Å². The number of hydrogen-bond donors (Lipinski definition) is 1. The average Bonchev–Trinajstić information content (AvgIpc) is 2.61. The van der Waals surface area contributed by atoms with Gasteiger partial charge in [-0.25, -0.2) is 4.98 Å². The number of aliphatic hydroxyl groups is 1. The van der Waals surface area contributed by atoms with E-state index in [2.05, 4.69) is 42.1 Å². The van der Waals surface area contributed by atoms with Crippen LogP contribution in [0.15, 0.2) is 36.4 Å². The molecule has 128 valence electrons. The molecular formula is C20H26N2O2. The lowest BCUT2D eigenvalue weighted by molar-refractivity contribution is 0.197. The van der Waals surface area contributed by atoms with Gasteiger partial charge < -0.3 is 14.7 Å². The molecule has 2 aromatic rings. The Balaban J connectivity index is 1.80. The number of nitrogens with zero attached hydrogens (tertiary/aromatic N) is 2. The van der Waals surface area contributed by atoms with Gasteiger partial charge >= 0.3 is 0 Å². The monoisotopic (exact) mass is 326 g/mol. The lowest BCUT2D eigenvalue weighted by Crippen LogP contribution is -2.29. The fourth-order valence-electron chi connectivity index (χ4n) is 3.37. The summed E-state index contributed by atoms with van der Waals surface area (Å²) in [5, 5.41) is 8.87. The molecule has 4 nitrogen and oxygen atoms in total. The molecule has 0 unspecified atom stereocenters. The average molecular weight is 326 g/mol. The molecule has 0 bridgehead atoms. The van der Waals surface area contributed by atoms with Gasteiger partial charge in [-0.15, -0.1) is 0 Å². The molecule has 1 N–H and O–H groups in total. The van der Waals surface area contributed by atoms with E-state index in [-0.39, 0.29) is 13.2 Å². The van der Waals surface area contributed by atoms with E-state index in [0.29, 0.717) is 11.8 Å². The summed E-state index contributed by atoms with van der Waals surface area (Å²) in [4.78, 5) is 6.96. The first-order chi connectivity index (χ1) is 11.7. The van der Waals surface area contributed by atoms with Crippen LogP contribution >= 0.6 is 0 Å². The molecule has 0 radical (unpaired) electrons. The number of rotatable bonds is 5. The van der Waals surface area contributed by atoms with Gasteiger partial charge in [-0.1, -0.05) is 24.3 Å². The van der Waals surface area contributed by atoms with Gasteiger partial charge in [0.2, 0.25) is 5.88 Å². The number of pyridine rings is 1. The summed E-state index contributed by atoms with van der Waals surface area (Å²) < 4.78 is 5.42. The Morgan fingerprint density at radius 1 is 1.21 bits per heavy atom. The maximum Gasteiger partial charge on any atom is 0.213 e. The number of ether oxygens (including phenoxy) is 1. The highest BCUT2D eigenvalue weighted by Crippen LogP contribution is 2.31. The van der Waals surface area contributed by atoms with Crippen LogP contribution in [0.4, 0.5) is 0 Å². The summed E-state index contributed by atoms with van der Waals surface area (Å²) in [7, 11) is 2.20. The van der Waals surface area contributed by atoms with Crippen molar-refractivity contribution in [1.82, 2.24) is 9.88 Å². The molecule has 0 amide bonds. The van der Waals surface area contributed by atoms with Crippen LogP contribution in [0.3, 0.4) is 0 Å². The first-order valence-electron chi connectivity index (χ1n) is 8.67. The molecule has 1 aliphatic rings. The Labute approximate surface area is 144 Å². The van der Waals surface area contributed by atoms with Crippen molar-refractivity contribution in [2.45, 2.75) is 25.7 Å². The molecule has 1 aromatic heterocycles. The highest BCUT2D eigenvalue weighted by atomic mass is 16.5. The van der Waals surface area contributed by atoms with E-state index in [1.807, 2.05) is 18.2 Å². The Morgan fingerprint density at radius 2 is 2.00 bits per heavy atom.